The van der Waals surface area contributed by atoms with Gasteiger partial charge in [-0.05, 0) is 95.2 Å². The molecule has 0 radical (unpaired) electrons. The number of aryl methyl sites for hydroxylation is 1. The van der Waals surface area contributed by atoms with E-state index in [4.69, 9.17) is 4.74 Å². The van der Waals surface area contributed by atoms with Crippen LogP contribution in [0.25, 0.3) is 11.1 Å². The molecule has 0 saturated carbocycles. The number of alkyl halides is 4. The van der Waals surface area contributed by atoms with E-state index in [1.807, 2.05) is 12.1 Å². The number of hydrogen-bond acceptors (Lipinski definition) is 4. The Kier molecular flexibility index (Phi) is 8.45. The minimum atomic E-state index is -4.65. The van der Waals surface area contributed by atoms with Crippen LogP contribution < -0.4 is 4.74 Å². The van der Waals surface area contributed by atoms with Gasteiger partial charge in [-0.25, -0.2) is 9.78 Å². The molecular weight excluding hydrogens is 536 g/mol. The fourth-order valence-corrected chi connectivity index (χ4v) is 5.88. The summed E-state index contributed by atoms with van der Waals surface area (Å²) in [6.45, 7) is 2.37. The molecule has 5 rings (SSSR count). The Labute approximate surface area is 236 Å². The number of fused-ring (bicyclic) bond motifs is 1. The monoisotopic (exact) mass is 568 g/mol. The van der Waals surface area contributed by atoms with E-state index in [-0.39, 0.29) is 18.1 Å². The number of likely N-dealkylation sites (tertiary alicyclic amines) is 1. The fraction of sp³-hybridized carbons (Fsp3) is 0.375. The summed E-state index contributed by atoms with van der Waals surface area (Å²) in [6.07, 6.45) is -1.46. The van der Waals surface area contributed by atoms with E-state index in [9.17, 15) is 27.5 Å². The van der Waals surface area contributed by atoms with Gasteiger partial charge < -0.3 is 14.7 Å². The number of carbonyl (C=O) groups is 1. The third kappa shape index (κ3) is 6.45. The number of pyridine rings is 1. The topological polar surface area (TPSA) is 62.7 Å². The number of carboxylic acid groups (broad SMARTS) is 1. The number of halogens is 4. The smallest absolute Gasteiger partial charge is 0.433 e. The number of nitrogens with zero attached hydrogens (tertiary/aromatic N) is 2. The van der Waals surface area contributed by atoms with Crippen LogP contribution in [0.5, 0.6) is 5.88 Å². The Hall–Kier alpha value is -3.72. The van der Waals surface area contributed by atoms with Gasteiger partial charge in [0.05, 0.1) is 19.3 Å². The number of carboxylic acids is 1. The summed E-state index contributed by atoms with van der Waals surface area (Å²) in [6, 6.07) is 15.6. The zero-order valence-electron chi connectivity index (χ0n) is 22.8. The number of allylic oxidation sites excluding steroid dienone is 1. The van der Waals surface area contributed by atoms with Crippen LogP contribution in [0, 0.1) is 5.92 Å². The van der Waals surface area contributed by atoms with Crippen LogP contribution in [-0.4, -0.2) is 54.4 Å². The predicted molar refractivity (Wildman–Crippen MR) is 149 cm³/mol. The number of aromatic nitrogens is 1. The van der Waals surface area contributed by atoms with Gasteiger partial charge in [0.15, 0.2) is 0 Å². The van der Waals surface area contributed by atoms with Crippen LogP contribution >= 0.6 is 0 Å². The second-order valence-electron chi connectivity index (χ2n) is 10.7. The largest absolute Gasteiger partial charge is 0.481 e. The van der Waals surface area contributed by atoms with Crippen molar-refractivity contribution in [1.82, 2.24) is 9.88 Å². The van der Waals surface area contributed by atoms with E-state index in [2.05, 4.69) is 22.0 Å². The molecule has 2 aliphatic rings. The highest BCUT2D eigenvalue weighted by Crippen LogP contribution is 2.42. The maximum atomic E-state index is 13.8. The molecule has 0 unspecified atom stereocenters. The number of aromatic carboxylic acids is 1. The second kappa shape index (κ2) is 12.0. The first-order valence-corrected chi connectivity index (χ1v) is 13.8. The van der Waals surface area contributed by atoms with E-state index in [1.165, 1.54) is 19.2 Å². The highest BCUT2D eigenvalue weighted by molar-refractivity contribution is 6.00. The van der Waals surface area contributed by atoms with E-state index in [0.717, 1.165) is 65.5 Å². The van der Waals surface area contributed by atoms with Crippen molar-refractivity contribution < 1.29 is 32.2 Å². The zero-order chi connectivity index (χ0) is 29.1. The van der Waals surface area contributed by atoms with E-state index >= 15 is 0 Å². The molecule has 0 amide bonds. The molecule has 2 heterocycles. The lowest BCUT2D eigenvalue weighted by Crippen LogP contribution is -2.47. The second-order valence-corrected chi connectivity index (χ2v) is 10.7. The van der Waals surface area contributed by atoms with Crippen molar-refractivity contribution in [3.63, 3.8) is 0 Å². The van der Waals surface area contributed by atoms with Gasteiger partial charge in [0.2, 0.25) is 5.88 Å². The maximum absolute atomic E-state index is 13.8. The van der Waals surface area contributed by atoms with Crippen LogP contribution in [0.3, 0.4) is 0 Å². The van der Waals surface area contributed by atoms with Crippen molar-refractivity contribution in [1.29, 1.82) is 0 Å². The van der Waals surface area contributed by atoms with Gasteiger partial charge in [0.25, 0.3) is 0 Å². The van der Waals surface area contributed by atoms with Crippen LogP contribution in [0.1, 0.15) is 63.1 Å². The van der Waals surface area contributed by atoms with E-state index < -0.39 is 17.8 Å². The maximum Gasteiger partial charge on any atom is 0.433 e. The summed E-state index contributed by atoms with van der Waals surface area (Å²) in [7, 11) is 1.29. The molecule has 0 bridgehead atoms. The molecule has 216 valence electrons. The fourth-order valence-electron chi connectivity index (χ4n) is 5.88. The molecule has 1 aliphatic carbocycles. The molecular formula is C32H32F4N2O3. The molecule has 1 aromatic heterocycles. The van der Waals surface area contributed by atoms with Crippen LogP contribution in [0.15, 0.2) is 54.6 Å². The molecule has 0 atom stereocenters. The average molecular weight is 569 g/mol. The third-order valence-corrected chi connectivity index (χ3v) is 7.85. The summed E-state index contributed by atoms with van der Waals surface area (Å²) in [5.41, 5.74) is 4.69. The van der Waals surface area contributed by atoms with Gasteiger partial charge in [-0.2, -0.15) is 13.2 Å². The summed E-state index contributed by atoms with van der Waals surface area (Å²) < 4.78 is 58.9. The van der Waals surface area contributed by atoms with Crippen molar-refractivity contribution in [3.8, 4) is 5.88 Å². The van der Waals surface area contributed by atoms with E-state index in [0.29, 0.717) is 37.2 Å². The van der Waals surface area contributed by atoms with Crippen LogP contribution in [0.4, 0.5) is 17.6 Å². The van der Waals surface area contributed by atoms with Gasteiger partial charge in [0.1, 0.15) is 5.69 Å². The van der Waals surface area contributed by atoms with Crippen LogP contribution in [0.2, 0.25) is 0 Å². The lowest BCUT2D eigenvalue weighted by Gasteiger charge is -2.39. The molecule has 5 nitrogen and oxygen atoms in total. The molecule has 2 aromatic carbocycles. The number of benzene rings is 2. The summed E-state index contributed by atoms with van der Waals surface area (Å²) in [4.78, 5) is 17.6. The van der Waals surface area contributed by atoms with Crippen molar-refractivity contribution in [3.05, 3.63) is 93.7 Å². The summed E-state index contributed by atoms with van der Waals surface area (Å²) >= 11 is 0. The minimum Gasteiger partial charge on any atom is -0.481 e. The molecule has 1 N–H and O–H groups in total. The lowest BCUT2D eigenvalue weighted by atomic mass is 9.86. The Morgan fingerprint density at radius 2 is 1.80 bits per heavy atom. The van der Waals surface area contributed by atoms with Crippen molar-refractivity contribution >= 4 is 17.1 Å². The normalized spacial score (nSPS) is 16.2. The quantitative estimate of drug-likeness (QED) is 0.284. The Morgan fingerprint density at radius 3 is 2.46 bits per heavy atom. The minimum absolute atomic E-state index is 0.122. The van der Waals surface area contributed by atoms with Crippen LogP contribution in [-0.2, 0) is 19.0 Å². The standard InChI is InChI=1S/C32H32F4N2O3/c1-41-29-17-25(16-28(37-29)32(34,35)36)26-5-2-4-23-15-24(31(39)40)10-11-27(23)30(26)22-8-6-20(7-9-22)14-21-18-38(19-21)13-3-12-33/h6-11,15-17,21H,2-5,12-14,18-19H2,1H3,(H,39,40). The third-order valence-electron chi connectivity index (χ3n) is 7.85. The van der Waals surface area contributed by atoms with Crippen molar-refractivity contribution in [2.24, 2.45) is 5.92 Å². The van der Waals surface area contributed by atoms with Gasteiger partial charge in [-0.15, -0.1) is 0 Å². The van der Waals surface area contributed by atoms with Gasteiger partial charge in [-0.3, -0.25) is 4.39 Å². The van der Waals surface area contributed by atoms with Crippen molar-refractivity contribution in [2.45, 2.75) is 38.3 Å². The van der Waals surface area contributed by atoms with Gasteiger partial charge in [-0.1, -0.05) is 30.3 Å². The Bertz CT molecular complexity index is 1440. The first-order valence-electron chi connectivity index (χ1n) is 13.8. The highest BCUT2D eigenvalue weighted by atomic mass is 19.4. The Morgan fingerprint density at radius 1 is 1.05 bits per heavy atom. The molecule has 1 fully saturated rings. The summed E-state index contributed by atoms with van der Waals surface area (Å²) in [5.74, 6) is -0.641. The summed E-state index contributed by atoms with van der Waals surface area (Å²) in [5, 5.41) is 9.56. The SMILES string of the molecule is COc1cc(C2=C(c3ccc(CC4CN(CCCF)C4)cc3)c3ccc(C(=O)O)cc3CCC2)cc(C(F)(F)F)n1. The highest BCUT2D eigenvalue weighted by Gasteiger charge is 2.34. The number of methoxy groups -OCH3 is 1. The zero-order valence-corrected chi connectivity index (χ0v) is 22.8. The molecule has 3 aromatic rings. The molecule has 1 saturated heterocycles. The molecule has 41 heavy (non-hydrogen) atoms. The van der Waals surface area contributed by atoms with Gasteiger partial charge in [0, 0.05) is 25.7 Å². The van der Waals surface area contributed by atoms with Gasteiger partial charge >= 0.3 is 12.1 Å². The number of hydrogen-bond donors (Lipinski definition) is 1. The first-order chi connectivity index (χ1) is 19.7. The lowest BCUT2D eigenvalue weighted by molar-refractivity contribution is -0.141. The molecule has 9 heteroatoms. The number of rotatable bonds is 9. The first kappa shape index (κ1) is 28.8. The van der Waals surface area contributed by atoms with E-state index in [1.54, 1.807) is 12.1 Å². The Balaban J connectivity index is 1.56. The predicted octanol–water partition coefficient (Wildman–Crippen LogP) is 6.94. The van der Waals surface area contributed by atoms with Crippen molar-refractivity contribution in [2.75, 3.05) is 33.4 Å². The average Bonchev–Trinajstić information content (AvgIpc) is 3.13. The number of ether oxygens (including phenoxy) is 1. The molecule has 0 spiro atoms. The molecule has 1 aliphatic heterocycles.